The van der Waals surface area contributed by atoms with Gasteiger partial charge in [0.1, 0.15) is 29.5 Å². The van der Waals surface area contributed by atoms with Crippen LogP contribution in [-0.2, 0) is 22.2 Å². The highest BCUT2D eigenvalue weighted by atomic mass is 35.5. The Morgan fingerprint density at radius 2 is 1.65 bits per heavy atom. The molecule has 0 radical (unpaired) electrons. The molecule has 5 heterocycles. The topological polar surface area (TPSA) is 185 Å². The zero-order chi connectivity index (χ0) is 53.0. The van der Waals surface area contributed by atoms with Crippen molar-refractivity contribution in [2.45, 2.75) is 94.7 Å². The fourth-order valence-electron chi connectivity index (χ4n) is 12.7. The quantitative estimate of drug-likeness (QED) is 0.0843. The second-order valence-corrected chi connectivity index (χ2v) is 21.2. The standard InChI is InChI=1S/C55H61ClF4N8O7/c1-29-27-67(21-17-39(29)66-19-15-31(16-20-66)44-37(57)25-36-50(49(44)60)65(3)64-52(36)68-22-18-42(70)63-54(68)73)53(72)32-9-11-34(12-10-32)62-28-55(33-7-5-4-6-8-33)30(2)43-41(75-55)26-38(58)47(56)46(43)45-35(51(61)71)13-14-40(48(45)59)74-24-23-69/h4-8,13-14,25-26,29-32,34,39,62,69H,9-12,15-24,27-28H2,1-3H3,(H2,61,71)(H,63,70,73)/t29-,30+,32?,34?,39?,55+/m1/s1. The molecule has 1 aromatic heterocycles. The molecule has 1 saturated carbocycles. The van der Waals surface area contributed by atoms with E-state index in [2.05, 4.69) is 27.6 Å². The fourth-order valence-corrected chi connectivity index (χ4v) is 12.9. The number of imide groups is 1. The van der Waals surface area contributed by atoms with Crippen molar-refractivity contribution >= 4 is 52.1 Å². The van der Waals surface area contributed by atoms with Gasteiger partial charge in [0.05, 0.1) is 22.6 Å². The minimum atomic E-state index is -1.14. The lowest BCUT2D eigenvalue weighted by Crippen LogP contribution is -2.54. The summed E-state index contributed by atoms with van der Waals surface area (Å²) in [5.74, 6) is -5.43. The number of aliphatic hydroxyl groups excluding tert-OH is 1. The van der Waals surface area contributed by atoms with E-state index in [1.165, 1.54) is 33.8 Å². The van der Waals surface area contributed by atoms with Crippen molar-refractivity contribution in [3.63, 3.8) is 0 Å². The Morgan fingerprint density at radius 1 is 0.920 bits per heavy atom. The van der Waals surface area contributed by atoms with E-state index >= 15 is 17.6 Å². The number of likely N-dealkylation sites (tertiary alicyclic amines) is 2. The number of urea groups is 1. The lowest BCUT2D eigenvalue weighted by molar-refractivity contribution is -0.139. The van der Waals surface area contributed by atoms with Gasteiger partial charge in [0.15, 0.2) is 28.8 Å². The number of ether oxygens (including phenoxy) is 2. The smallest absolute Gasteiger partial charge is 0.329 e. The van der Waals surface area contributed by atoms with Crippen molar-refractivity contribution in [2.24, 2.45) is 24.6 Å². The molecule has 0 bridgehead atoms. The van der Waals surface area contributed by atoms with Crippen LogP contribution < -0.4 is 30.7 Å². The number of amides is 5. The van der Waals surface area contributed by atoms with Gasteiger partial charge in [-0.3, -0.25) is 34.2 Å². The minimum absolute atomic E-state index is 0.0158. The number of aliphatic hydroxyl groups is 1. The number of fused-ring (bicyclic) bond motifs is 2. The molecule has 5 amide bonds. The normalized spacial score (nSPS) is 24.6. The van der Waals surface area contributed by atoms with E-state index in [1.807, 2.05) is 42.2 Å². The molecule has 398 valence electrons. The number of nitrogens with two attached hydrogens (primary N) is 1. The van der Waals surface area contributed by atoms with Crippen molar-refractivity contribution in [1.29, 1.82) is 0 Å². The summed E-state index contributed by atoms with van der Waals surface area (Å²) < 4.78 is 78.3. The number of rotatable bonds is 13. The number of aryl methyl sites for hydroxylation is 1. The maximum absolute atomic E-state index is 16.5. The molecule has 5 N–H and O–H groups in total. The number of piperidine rings is 2. The second kappa shape index (κ2) is 21.0. The van der Waals surface area contributed by atoms with Gasteiger partial charge in [-0.15, -0.1) is 0 Å². The molecule has 4 aromatic carbocycles. The minimum Gasteiger partial charge on any atom is -0.488 e. The number of aromatic nitrogens is 2. The van der Waals surface area contributed by atoms with E-state index in [9.17, 15) is 24.3 Å². The average molecular weight is 1060 g/mol. The van der Waals surface area contributed by atoms with Crippen molar-refractivity contribution in [1.82, 2.24) is 30.2 Å². The Morgan fingerprint density at radius 3 is 2.33 bits per heavy atom. The molecule has 4 aliphatic heterocycles. The molecule has 10 rings (SSSR count). The SMILES string of the molecule is C[C@@H]1CN(C(=O)C2CCC(NC[C@]3(c4ccccc4)Oc4cc(F)c(Cl)c(-c5c(C(N)=O)ccc(OCCO)c5F)c4[C@@H]3C)CC2)CCC1N1CCC(c2c(F)cc3c(N4CCC(=O)NC4=O)nn(C)c3c2F)CC1. The molecule has 0 spiro atoms. The first-order valence-corrected chi connectivity index (χ1v) is 26.2. The molecule has 1 aliphatic carbocycles. The van der Waals surface area contributed by atoms with Crippen LogP contribution in [0.15, 0.2) is 54.6 Å². The van der Waals surface area contributed by atoms with Crippen molar-refractivity contribution in [2.75, 3.05) is 57.4 Å². The van der Waals surface area contributed by atoms with Crippen LogP contribution >= 0.6 is 11.6 Å². The molecule has 20 heteroatoms. The van der Waals surface area contributed by atoms with Gasteiger partial charge in [0.25, 0.3) is 0 Å². The molecule has 1 unspecified atom stereocenters. The Bertz CT molecular complexity index is 3060. The van der Waals surface area contributed by atoms with Gasteiger partial charge in [-0.05, 0) is 93.6 Å². The number of anilines is 1. The average Bonchev–Trinajstić information content (AvgIpc) is 3.90. The summed E-state index contributed by atoms with van der Waals surface area (Å²) in [6.07, 6.45) is 4.73. The maximum atomic E-state index is 16.5. The van der Waals surface area contributed by atoms with Crippen LogP contribution in [0.5, 0.6) is 11.5 Å². The number of benzene rings is 4. The van der Waals surface area contributed by atoms with Gasteiger partial charge in [-0.25, -0.2) is 22.4 Å². The number of hydrogen-bond donors (Lipinski definition) is 4. The highest BCUT2D eigenvalue weighted by Gasteiger charge is 2.51. The van der Waals surface area contributed by atoms with Crippen molar-refractivity contribution in [3.8, 4) is 22.6 Å². The Labute approximate surface area is 436 Å². The number of hydrogen-bond acceptors (Lipinski definition) is 10. The summed E-state index contributed by atoms with van der Waals surface area (Å²) in [5.41, 5.74) is 5.27. The Hall–Kier alpha value is -6.28. The van der Waals surface area contributed by atoms with Gasteiger partial charge in [-0.2, -0.15) is 5.10 Å². The number of carbonyl (C=O) groups is 4. The Kier molecular flexibility index (Phi) is 14.6. The predicted molar refractivity (Wildman–Crippen MR) is 273 cm³/mol. The van der Waals surface area contributed by atoms with E-state index < -0.39 is 64.3 Å². The number of nitrogens with one attached hydrogen (secondary N) is 2. The zero-order valence-corrected chi connectivity index (χ0v) is 42.8. The molecular weight excluding hydrogens is 996 g/mol. The van der Waals surface area contributed by atoms with E-state index in [1.54, 1.807) is 7.05 Å². The first-order chi connectivity index (χ1) is 36.0. The van der Waals surface area contributed by atoms with Crippen LogP contribution in [0, 0.1) is 35.1 Å². The number of primary amides is 1. The maximum Gasteiger partial charge on any atom is 0.329 e. The summed E-state index contributed by atoms with van der Waals surface area (Å²) in [6.45, 7) is 6.27. The molecule has 15 nitrogen and oxygen atoms in total. The lowest BCUT2D eigenvalue weighted by Gasteiger charge is -2.46. The number of carbonyl (C=O) groups excluding carboxylic acids is 4. The number of halogens is 5. The molecule has 5 aliphatic rings. The van der Waals surface area contributed by atoms with Crippen molar-refractivity contribution in [3.05, 3.63) is 105 Å². The molecule has 75 heavy (non-hydrogen) atoms. The molecule has 3 saturated heterocycles. The van der Waals surface area contributed by atoms with Gasteiger partial charge in [0.2, 0.25) is 17.7 Å². The fraction of sp³-hybridized carbons (Fsp3) is 0.473. The molecule has 4 atom stereocenters. The van der Waals surface area contributed by atoms with Gasteiger partial charge in [-0.1, -0.05) is 55.8 Å². The largest absolute Gasteiger partial charge is 0.488 e. The van der Waals surface area contributed by atoms with E-state index in [4.69, 9.17) is 26.8 Å². The van der Waals surface area contributed by atoms with E-state index in [-0.39, 0.29) is 112 Å². The molecule has 4 fully saturated rings. The van der Waals surface area contributed by atoms with Crippen LogP contribution in [0.3, 0.4) is 0 Å². The van der Waals surface area contributed by atoms with Crippen molar-refractivity contribution < 1.29 is 51.3 Å². The third-order valence-corrected chi connectivity index (χ3v) is 16.9. The zero-order valence-electron chi connectivity index (χ0n) is 42.1. The molecular formula is C55H61ClF4N8O7. The summed E-state index contributed by atoms with van der Waals surface area (Å²) in [4.78, 5) is 56.9. The molecule has 5 aromatic rings. The van der Waals surface area contributed by atoms with E-state index in [0.29, 0.717) is 57.4 Å². The third kappa shape index (κ3) is 9.47. The monoisotopic (exact) mass is 1060 g/mol. The third-order valence-electron chi connectivity index (χ3n) is 16.5. The van der Waals surface area contributed by atoms with Gasteiger partial charge in [0, 0.05) is 91.9 Å². The summed E-state index contributed by atoms with van der Waals surface area (Å²) in [5, 5.41) is 19.5. The van der Waals surface area contributed by atoms with Crippen LogP contribution in [0.4, 0.5) is 28.2 Å². The number of nitrogens with zero attached hydrogens (tertiary/aromatic N) is 5. The van der Waals surface area contributed by atoms with Gasteiger partial charge >= 0.3 is 6.03 Å². The summed E-state index contributed by atoms with van der Waals surface area (Å²) in [7, 11) is 1.55. The highest BCUT2D eigenvalue weighted by Crippen LogP contribution is 2.57. The van der Waals surface area contributed by atoms with Crippen LogP contribution in [-0.4, -0.2) is 113 Å². The summed E-state index contributed by atoms with van der Waals surface area (Å²) in [6, 6.07) is 13.9. The highest BCUT2D eigenvalue weighted by molar-refractivity contribution is 6.34. The van der Waals surface area contributed by atoms with Crippen LogP contribution in [0.1, 0.15) is 104 Å². The van der Waals surface area contributed by atoms with Crippen LogP contribution in [0.2, 0.25) is 5.02 Å². The van der Waals surface area contributed by atoms with Gasteiger partial charge < -0.3 is 30.5 Å². The predicted octanol–water partition coefficient (Wildman–Crippen LogP) is 8.02. The first-order valence-electron chi connectivity index (χ1n) is 25.9. The second-order valence-electron chi connectivity index (χ2n) is 20.8. The Balaban J connectivity index is 0.768. The lowest BCUT2D eigenvalue weighted by atomic mass is 9.77. The summed E-state index contributed by atoms with van der Waals surface area (Å²) >= 11 is 6.72. The first kappa shape index (κ1) is 52.2. The van der Waals surface area contributed by atoms with E-state index in [0.717, 1.165) is 24.8 Å². The van der Waals surface area contributed by atoms with Crippen LogP contribution in [0.25, 0.3) is 22.0 Å².